The third-order valence-corrected chi connectivity index (χ3v) is 3.84. The summed E-state index contributed by atoms with van der Waals surface area (Å²) in [6, 6.07) is 10.5. The van der Waals surface area contributed by atoms with Gasteiger partial charge in [0.05, 0.1) is 0 Å². The van der Waals surface area contributed by atoms with Crippen LogP contribution in [0.3, 0.4) is 0 Å². The molecule has 1 heterocycles. The highest BCUT2D eigenvalue weighted by molar-refractivity contribution is 5.95. The summed E-state index contributed by atoms with van der Waals surface area (Å²) in [6.45, 7) is 3.67. The van der Waals surface area contributed by atoms with Crippen molar-refractivity contribution in [3.05, 3.63) is 59.4 Å². The molecule has 0 fully saturated rings. The summed E-state index contributed by atoms with van der Waals surface area (Å²) >= 11 is 0. The first-order valence-corrected chi connectivity index (χ1v) is 8.12. The van der Waals surface area contributed by atoms with Gasteiger partial charge in [-0.2, -0.15) is 0 Å². The van der Waals surface area contributed by atoms with Gasteiger partial charge < -0.3 is 9.47 Å². The van der Waals surface area contributed by atoms with E-state index >= 15 is 0 Å². The number of hydrogen-bond donors (Lipinski definition) is 2. The molecule has 0 spiro atoms. The molecule has 0 aliphatic carbocycles. The van der Waals surface area contributed by atoms with Crippen LogP contribution in [0.15, 0.2) is 42.5 Å². The molecule has 2 aromatic rings. The Hall–Kier alpha value is -3.09. The number of hydrogen-bond acceptors (Lipinski definition) is 4. The maximum absolute atomic E-state index is 12.8. The number of benzene rings is 2. The molecule has 2 amide bonds. The lowest BCUT2D eigenvalue weighted by Gasteiger charge is -2.18. The van der Waals surface area contributed by atoms with Gasteiger partial charge in [-0.25, -0.2) is 4.39 Å². The van der Waals surface area contributed by atoms with Crippen molar-refractivity contribution in [1.82, 2.24) is 10.9 Å². The van der Waals surface area contributed by atoms with Crippen LogP contribution in [0.4, 0.5) is 4.39 Å². The molecule has 0 saturated heterocycles. The van der Waals surface area contributed by atoms with Crippen LogP contribution in [-0.2, 0) is 11.2 Å². The number of para-hydroxylation sites is 1. The predicted molar refractivity (Wildman–Crippen MR) is 92.4 cm³/mol. The smallest absolute Gasteiger partial charge is 0.276 e. The zero-order valence-electron chi connectivity index (χ0n) is 14.5. The number of hydrazine groups is 1. The van der Waals surface area contributed by atoms with Gasteiger partial charge in [0, 0.05) is 17.5 Å². The molecule has 1 aliphatic heterocycles. The van der Waals surface area contributed by atoms with Crippen molar-refractivity contribution in [2.24, 2.45) is 0 Å². The molecule has 0 unspecified atom stereocenters. The molecule has 7 heteroatoms. The molecule has 26 heavy (non-hydrogen) atoms. The molecule has 0 saturated carbocycles. The van der Waals surface area contributed by atoms with Crippen LogP contribution in [0.1, 0.15) is 29.8 Å². The second kappa shape index (κ2) is 7.03. The van der Waals surface area contributed by atoms with E-state index in [0.29, 0.717) is 11.5 Å². The van der Waals surface area contributed by atoms with Crippen molar-refractivity contribution < 1.29 is 23.5 Å². The SMILES string of the molecule is CC1(C)Cc2cccc(OCC(=O)NNC(=O)c3ccc(F)cc3)c2O1. The number of carbonyl (C=O) groups excluding carboxylic acids is 2. The van der Waals surface area contributed by atoms with Crippen molar-refractivity contribution >= 4 is 11.8 Å². The Kier molecular flexibility index (Phi) is 4.79. The summed E-state index contributed by atoms with van der Waals surface area (Å²) in [5.41, 5.74) is 5.44. The minimum absolute atomic E-state index is 0.226. The summed E-state index contributed by atoms with van der Waals surface area (Å²) in [4.78, 5) is 23.7. The summed E-state index contributed by atoms with van der Waals surface area (Å²) in [5, 5.41) is 0. The van der Waals surface area contributed by atoms with E-state index in [1.54, 1.807) is 6.07 Å². The van der Waals surface area contributed by atoms with E-state index in [1.807, 2.05) is 26.0 Å². The largest absolute Gasteiger partial charge is 0.483 e. The molecule has 6 nitrogen and oxygen atoms in total. The zero-order chi connectivity index (χ0) is 18.7. The number of fused-ring (bicyclic) bond motifs is 1. The molecule has 0 radical (unpaired) electrons. The highest BCUT2D eigenvalue weighted by Gasteiger charge is 2.32. The second-order valence-corrected chi connectivity index (χ2v) is 6.58. The fraction of sp³-hybridized carbons (Fsp3) is 0.263. The van der Waals surface area contributed by atoms with Gasteiger partial charge in [-0.15, -0.1) is 0 Å². The minimum atomic E-state index is -0.552. The Balaban J connectivity index is 1.52. The Morgan fingerprint density at radius 3 is 2.62 bits per heavy atom. The van der Waals surface area contributed by atoms with Crippen LogP contribution in [0.25, 0.3) is 0 Å². The van der Waals surface area contributed by atoms with Gasteiger partial charge in [0.1, 0.15) is 11.4 Å². The van der Waals surface area contributed by atoms with E-state index in [1.165, 1.54) is 12.1 Å². The number of nitrogens with one attached hydrogen (secondary N) is 2. The van der Waals surface area contributed by atoms with Crippen molar-refractivity contribution in [2.45, 2.75) is 25.9 Å². The van der Waals surface area contributed by atoms with Crippen LogP contribution >= 0.6 is 0 Å². The molecule has 0 bridgehead atoms. The summed E-state index contributed by atoms with van der Waals surface area (Å²) in [7, 11) is 0. The molecule has 3 rings (SSSR count). The number of ether oxygens (including phenoxy) is 2. The first kappa shape index (κ1) is 17.7. The van der Waals surface area contributed by atoms with Crippen LogP contribution in [0.2, 0.25) is 0 Å². The Morgan fingerprint density at radius 1 is 1.15 bits per heavy atom. The predicted octanol–water partition coefficient (Wildman–Crippen LogP) is 2.38. The third kappa shape index (κ3) is 4.11. The van der Waals surface area contributed by atoms with Crippen LogP contribution < -0.4 is 20.3 Å². The lowest BCUT2D eigenvalue weighted by molar-refractivity contribution is -0.123. The van der Waals surface area contributed by atoms with E-state index in [2.05, 4.69) is 10.9 Å². The Labute approximate surface area is 150 Å². The Morgan fingerprint density at radius 2 is 1.88 bits per heavy atom. The zero-order valence-corrected chi connectivity index (χ0v) is 14.5. The van der Waals surface area contributed by atoms with E-state index in [4.69, 9.17) is 9.47 Å². The minimum Gasteiger partial charge on any atom is -0.483 e. The maximum Gasteiger partial charge on any atom is 0.276 e. The lowest BCUT2D eigenvalue weighted by Crippen LogP contribution is -2.43. The summed E-state index contributed by atoms with van der Waals surface area (Å²) in [5.74, 6) is -0.409. The summed E-state index contributed by atoms with van der Waals surface area (Å²) in [6.07, 6.45) is 0.763. The first-order valence-electron chi connectivity index (χ1n) is 8.12. The first-order chi connectivity index (χ1) is 12.3. The van der Waals surface area contributed by atoms with Crippen LogP contribution in [0.5, 0.6) is 11.5 Å². The number of amides is 2. The quantitative estimate of drug-likeness (QED) is 0.823. The molecule has 0 aromatic heterocycles. The van der Waals surface area contributed by atoms with Crippen molar-refractivity contribution in [3.63, 3.8) is 0 Å². The standard InChI is InChI=1S/C19H19FN2O4/c1-19(2)10-13-4-3-5-15(17(13)26-19)25-11-16(23)21-22-18(24)12-6-8-14(20)9-7-12/h3-9H,10-11H2,1-2H3,(H,21,23)(H,22,24). The average Bonchev–Trinajstić information content (AvgIpc) is 2.92. The lowest BCUT2D eigenvalue weighted by atomic mass is 10.0. The van der Waals surface area contributed by atoms with Crippen LogP contribution in [-0.4, -0.2) is 24.0 Å². The molecule has 136 valence electrons. The maximum atomic E-state index is 12.8. The topological polar surface area (TPSA) is 76.7 Å². The molecule has 1 aliphatic rings. The fourth-order valence-electron chi connectivity index (χ4n) is 2.68. The average molecular weight is 358 g/mol. The van der Waals surface area contributed by atoms with Crippen molar-refractivity contribution in [2.75, 3.05) is 6.61 Å². The highest BCUT2D eigenvalue weighted by Crippen LogP contribution is 2.41. The van der Waals surface area contributed by atoms with Gasteiger partial charge in [0.25, 0.3) is 11.8 Å². The van der Waals surface area contributed by atoms with E-state index < -0.39 is 17.6 Å². The molecular weight excluding hydrogens is 339 g/mol. The molecule has 2 aromatic carbocycles. The van der Waals surface area contributed by atoms with E-state index in [-0.39, 0.29) is 17.8 Å². The van der Waals surface area contributed by atoms with Crippen LogP contribution in [0, 0.1) is 5.82 Å². The number of halogens is 1. The van der Waals surface area contributed by atoms with E-state index in [9.17, 15) is 14.0 Å². The van der Waals surface area contributed by atoms with Crippen molar-refractivity contribution in [3.8, 4) is 11.5 Å². The Bertz CT molecular complexity index is 834. The normalized spacial score (nSPS) is 14.1. The third-order valence-electron chi connectivity index (χ3n) is 3.84. The van der Waals surface area contributed by atoms with Gasteiger partial charge in [0.2, 0.25) is 0 Å². The second-order valence-electron chi connectivity index (χ2n) is 6.58. The van der Waals surface area contributed by atoms with Gasteiger partial charge in [-0.05, 0) is 44.2 Å². The highest BCUT2D eigenvalue weighted by atomic mass is 19.1. The number of rotatable bonds is 4. The summed E-state index contributed by atoms with van der Waals surface area (Å²) < 4.78 is 24.2. The van der Waals surface area contributed by atoms with Gasteiger partial charge in [0.15, 0.2) is 18.1 Å². The molecule has 2 N–H and O–H groups in total. The molecule has 0 atom stereocenters. The van der Waals surface area contributed by atoms with Gasteiger partial charge in [-0.3, -0.25) is 20.4 Å². The molecular formula is C19H19FN2O4. The fourth-order valence-corrected chi connectivity index (χ4v) is 2.68. The van der Waals surface area contributed by atoms with Gasteiger partial charge in [-0.1, -0.05) is 12.1 Å². The van der Waals surface area contributed by atoms with E-state index in [0.717, 1.165) is 24.1 Å². The number of carbonyl (C=O) groups is 2. The van der Waals surface area contributed by atoms with Crippen molar-refractivity contribution in [1.29, 1.82) is 0 Å². The van der Waals surface area contributed by atoms with Gasteiger partial charge >= 0.3 is 0 Å². The monoisotopic (exact) mass is 358 g/mol.